The summed E-state index contributed by atoms with van der Waals surface area (Å²) in [5, 5.41) is -0.234. The number of epoxide rings is 1. The lowest BCUT2D eigenvalue weighted by Gasteiger charge is -2.41. The molecule has 2 saturated heterocycles. The minimum absolute atomic E-state index is 0.0370. The van der Waals surface area contributed by atoms with Gasteiger partial charge in [-0.1, -0.05) is 6.07 Å². The molecule has 5 aliphatic rings. The van der Waals surface area contributed by atoms with E-state index >= 15 is 0 Å². The number of fused-ring (bicyclic) bond motifs is 2. The molecule has 1 aromatic rings. The Labute approximate surface area is 137 Å². The molecular weight excluding hydrogens is 312 g/mol. The average molecular weight is 334 g/mol. The normalized spacial score (nSPS) is 42.6. The lowest BCUT2D eigenvalue weighted by Crippen LogP contribution is -2.50. The summed E-state index contributed by atoms with van der Waals surface area (Å²) in [7, 11) is -3.27. The van der Waals surface area contributed by atoms with Gasteiger partial charge in [0.1, 0.15) is 0 Å². The van der Waals surface area contributed by atoms with Crippen LogP contribution in [0.4, 0.5) is 0 Å². The Hall–Kier alpha value is -0.980. The third-order valence-corrected chi connectivity index (χ3v) is 8.71. The van der Waals surface area contributed by atoms with E-state index < -0.39 is 10.0 Å². The minimum Gasteiger partial charge on any atom is -0.369 e. The van der Waals surface area contributed by atoms with Crippen molar-refractivity contribution < 1.29 is 13.2 Å². The van der Waals surface area contributed by atoms with E-state index in [4.69, 9.17) is 4.74 Å². The number of hydrogen-bond acceptors (Lipinski definition) is 4. The van der Waals surface area contributed by atoms with Gasteiger partial charge in [0.2, 0.25) is 10.0 Å². The molecule has 23 heavy (non-hydrogen) atoms. The van der Waals surface area contributed by atoms with E-state index in [-0.39, 0.29) is 23.3 Å². The second-order valence-corrected chi connectivity index (χ2v) is 9.55. The summed E-state index contributed by atoms with van der Waals surface area (Å²) in [6.45, 7) is 0.644. The van der Waals surface area contributed by atoms with Crippen LogP contribution in [0.25, 0.3) is 0 Å². The van der Waals surface area contributed by atoms with Crippen LogP contribution in [0.2, 0.25) is 0 Å². The molecule has 5 fully saturated rings. The lowest BCUT2D eigenvalue weighted by molar-refractivity contribution is 0.213. The fraction of sp³-hybridized carbons (Fsp3) is 0.706. The topological polar surface area (TPSA) is 62.8 Å². The maximum Gasteiger partial charge on any atom is 0.217 e. The minimum atomic E-state index is -3.27. The van der Waals surface area contributed by atoms with Gasteiger partial charge in [-0.05, 0) is 49.7 Å². The smallest absolute Gasteiger partial charge is 0.217 e. The highest BCUT2D eigenvalue weighted by molar-refractivity contribution is 7.89. The number of aromatic nitrogens is 1. The Morgan fingerprint density at radius 1 is 1.22 bits per heavy atom. The molecule has 2 bridgehead atoms. The van der Waals surface area contributed by atoms with Crippen molar-refractivity contribution in [2.75, 3.05) is 6.54 Å². The number of ether oxygens (including phenoxy) is 1. The van der Waals surface area contributed by atoms with Crippen LogP contribution in [-0.4, -0.2) is 41.7 Å². The fourth-order valence-corrected chi connectivity index (χ4v) is 7.72. The zero-order valence-corrected chi connectivity index (χ0v) is 13.9. The van der Waals surface area contributed by atoms with Gasteiger partial charge in [-0.25, -0.2) is 8.42 Å². The number of nitrogens with zero attached hydrogens (tertiary/aromatic N) is 2. The van der Waals surface area contributed by atoms with Crippen molar-refractivity contribution in [3.8, 4) is 0 Å². The van der Waals surface area contributed by atoms with E-state index in [1.807, 2.05) is 18.3 Å². The largest absolute Gasteiger partial charge is 0.369 e. The van der Waals surface area contributed by atoms with Gasteiger partial charge in [0.25, 0.3) is 0 Å². The van der Waals surface area contributed by atoms with Crippen LogP contribution in [0.3, 0.4) is 0 Å². The van der Waals surface area contributed by atoms with E-state index in [9.17, 15) is 8.42 Å². The van der Waals surface area contributed by atoms with Crippen LogP contribution in [0.5, 0.6) is 0 Å². The monoisotopic (exact) mass is 334 g/mol. The van der Waals surface area contributed by atoms with Crippen molar-refractivity contribution in [3.05, 3.63) is 30.1 Å². The highest BCUT2D eigenvalue weighted by atomic mass is 32.2. The average Bonchev–Trinajstić information content (AvgIpc) is 3.27. The second-order valence-electron chi connectivity index (χ2n) is 7.44. The third-order valence-electron chi connectivity index (χ3n) is 6.31. The van der Waals surface area contributed by atoms with Gasteiger partial charge in [-0.3, -0.25) is 4.98 Å². The quantitative estimate of drug-likeness (QED) is 0.794. The first-order valence-electron chi connectivity index (χ1n) is 8.72. The van der Waals surface area contributed by atoms with Crippen LogP contribution in [-0.2, 0) is 14.8 Å². The molecule has 0 aromatic carbocycles. The molecular formula is C17H22N2O3S. The first kappa shape index (κ1) is 14.4. The summed E-state index contributed by atoms with van der Waals surface area (Å²) in [4.78, 5) is 4.17. The van der Waals surface area contributed by atoms with Crippen molar-refractivity contribution in [1.82, 2.24) is 9.29 Å². The van der Waals surface area contributed by atoms with E-state index in [0.29, 0.717) is 18.6 Å². The Morgan fingerprint density at radius 3 is 2.91 bits per heavy atom. The zero-order valence-electron chi connectivity index (χ0n) is 13.0. The highest BCUT2D eigenvalue weighted by Crippen LogP contribution is 2.55. The maximum absolute atomic E-state index is 13.4. The molecule has 1 unspecified atom stereocenters. The van der Waals surface area contributed by atoms with Crippen LogP contribution in [0.1, 0.15) is 43.7 Å². The number of sulfonamides is 1. The molecule has 0 spiro atoms. The summed E-state index contributed by atoms with van der Waals surface area (Å²) in [6, 6.07) is 3.85. The van der Waals surface area contributed by atoms with Crippen molar-refractivity contribution in [2.24, 2.45) is 11.8 Å². The van der Waals surface area contributed by atoms with Gasteiger partial charge in [0, 0.05) is 24.9 Å². The van der Waals surface area contributed by atoms with Crippen LogP contribution < -0.4 is 0 Å². The van der Waals surface area contributed by atoms with Gasteiger partial charge in [0.05, 0.1) is 23.5 Å². The molecule has 0 N–H and O–H groups in total. The zero-order chi connectivity index (χ0) is 15.6. The summed E-state index contributed by atoms with van der Waals surface area (Å²) in [6.07, 6.45) is 8.92. The van der Waals surface area contributed by atoms with Crippen molar-refractivity contribution >= 4 is 10.0 Å². The Balaban J connectivity index is 1.46. The summed E-state index contributed by atoms with van der Waals surface area (Å²) < 4.78 is 34.3. The molecule has 2 aliphatic heterocycles. The van der Waals surface area contributed by atoms with Crippen LogP contribution in [0.15, 0.2) is 24.5 Å². The van der Waals surface area contributed by atoms with Gasteiger partial charge in [-0.15, -0.1) is 0 Å². The number of pyridine rings is 1. The molecule has 6 rings (SSSR count). The summed E-state index contributed by atoms with van der Waals surface area (Å²) in [5.74, 6) is 0.675. The molecule has 3 heterocycles. The summed E-state index contributed by atoms with van der Waals surface area (Å²) >= 11 is 0. The molecule has 1 aromatic heterocycles. The van der Waals surface area contributed by atoms with Crippen LogP contribution >= 0.6 is 0 Å². The lowest BCUT2D eigenvalue weighted by atomic mass is 9.70. The van der Waals surface area contributed by atoms with Gasteiger partial charge in [0.15, 0.2) is 0 Å². The molecule has 5 nitrogen and oxygen atoms in total. The van der Waals surface area contributed by atoms with Crippen molar-refractivity contribution in [2.45, 2.75) is 55.6 Å². The third kappa shape index (κ3) is 2.11. The Kier molecular flexibility index (Phi) is 3.13. The van der Waals surface area contributed by atoms with E-state index in [2.05, 4.69) is 4.98 Å². The first-order chi connectivity index (χ1) is 11.2. The second kappa shape index (κ2) is 5.01. The fourth-order valence-electron chi connectivity index (χ4n) is 5.18. The highest BCUT2D eigenvalue weighted by Gasteiger charge is 2.62. The maximum atomic E-state index is 13.4. The number of rotatable bonds is 3. The summed E-state index contributed by atoms with van der Waals surface area (Å²) in [5.41, 5.74) is 1.02. The predicted molar refractivity (Wildman–Crippen MR) is 85.1 cm³/mol. The first-order valence-corrected chi connectivity index (χ1v) is 10.2. The number of hydrogen-bond donors (Lipinski definition) is 0. The predicted octanol–water partition coefficient (Wildman–Crippen LogP) is 2.11. The van der Waals surface area contributed by atoms with Gasteiger partial charge in [-0.2, -0.15) is 4.31 Å². The van der Waals surface area contributed by atoms with Gasteiger partial charge >= 0.3 is 0 Å². The van der Waals surface area contributed by atoms with Crippen molar-refractivity contribution in [1.29, 1.82) is 0 Å². The van der Waals surface area contributed by atoms with Gasteiger partial charge < -0.3 is 4.74 Å². The SMILES string of the molecule is O=S(=O)([C@@H]1C[C@H]2CC[C@@H]1[C@@H]1O[C@H]21)N1CCCC1c1cccnc1. The molecule has 3 saturated carbocycles. The molecule has 0 radical (unpaired) electrons. The van der Waals surface area contributed by atoms with E-state index in [1.165, 1.54) is 0 Å². The molecule has 6 atom stereocenters. The van der Waals surface area contributed by atoms with E-state index in [0.717, 1.165) is 37.7 Å². The molecule has 0 amide bonds. The molecule has 124 valence electrons. The van der Waals surface area contributed by atoms with Crippen molar-refractivity contribution in [3.63, 3.8) is 0 Å². The Bertz CT molecular complexity index is 708. The van der Waals surface area contributed by atoms with E-state index in [1.54, 1.807) is 10.5 Å². The molecule has 3 aliphatic carbocycles. The standard InChI is InChI=1S/C17H22N2O3S/c20-23(21,15-9-11-5-6-13(15)17-16(11)22-17)19-8-2-4-14(19)12-3-1-7-18-10-12/h1,3,7,10-11,13-17H,2,4-6,8-9H2/t11-,13+,14?,15-,16-,17+/m1/s1. The van der Waals surface area contributed by atoms with Crippen LogP contribution in [0, 0.1) is 11.8 Å². The molecule has 6 heteroatoms. The Morgan fingerprint density at radius 2 is 2.13 bits per heavy atom.